The van der Waals surface area contributed by atoms with Crippen molar-refractivity contribution in [3.63, 3.8) is 0 Å². The molecule has 7 rings (SSSR count). The highest BCUT2D eigenvalue weighted by atomic mass is 16.8. The van der Waals surface area contributed by atoms with Gasteiger partial charge in [-0.25, -0.2) is 4.79 Å². The van der Waals surface area contributed by atoms with Crippen LogP contribution in [0.1, 0.15) is 35.1 Å². The van der Waals surface area contributed by atoms with Gasteiger partial charge in [0.25, 0.3) is 0 Å². The Kier molecular flexibility index (Phi) is 4.23. The van der Waals surface area contributed by atoms with Crippen LogP contribution in [0.5, 0.6) is 0 Å². The minimum atomic E-state index is -0.450. The van der Waals surface area contributed by atoms with Crippen molar-refractivity contribution in [2.45, 2.75) is 84.1 Å². The molecule has 7 heteroatoms. The summed E-state index contributed by atoms with van der Waals surface area (Å²) in [5, 5.41) is 0. The number of hydrogen-bond donors (Lipinski definition) is 0. The Morgan fingerprint density at radius 1 is 0.615 bits per heavy atom. The summed E-state index contributed by atoms with van der Waals surface area (Å²) >= 11 is 0. The number of Topliss-reactive ketones (excluding diaryl/α,β-unsaturated/α-hetero) is 1. The molecule has 7 saturated heterocycles. The molecule has 0 amide bonds. The summed E-state index contributed by atoms with van der Waals surface area (Å²) in [5.41, 5.74) is 0. The zero-order valence-corrected chi connectivity index (χ0v) is 14.8. The minimum Gasteiger partial charge on any atom is -0.431 e. The fourth-order valence-corrected chi connectivity index (χ4v) is 5.41. The number of fused-ring (bicyclic) bond motifs is 2. The fraction of sp³-hybridized carbons (Fsp3) is 0.895. The lowest BCUT2D eigenvalue weighted by Gasteiger charge is -2.38. The zero-order chi connectivity index (χ0) is 17.6. The van der Waals surface area contributed by atoms with E-state index in [1.54, 1.807) is 0 Å². The molecule has 0 aliphatic carbocycles. The van der Waals surface area contributed by atoms with Crippen LogP contribution in [0.15, 0.2) is 0 Å². The van der Waals surface area contributed by atoms with Gasteiger partial charge in [-0.05, 0) is 0 Å². The number of hydrogen-bond acceptors (Lipinski definition) is 7. The third-order valence-corrected chi connectivity index (χ3v) is 6.86. The molecule has 7 heterocycles. The molecule has 0 aromatic heterocycles. The molecule has 0 N–H and O–H groups in total. The molecular formula is C19H28O7. The Morgan fingerprint density at radius 2 is 1.15 bits per heavy atom. The van der Waals surface area contributed by atoms with Gasteiger partial charge in [-0.2, -0.15) is 0 Å². The van der Waals surface area contributed by atoms with Gasteiger partial charge in [-0.1, -0.05) is 35.1 Å². The average Bonchev–Trinajstić information content (AvgIpc) is 3.05. The Balaban J connectivity index is 0.000000125. The molecular weight excluding hydrogens is 340 g/mol. The lowest BCUT2D eigenvalue weighted by Crippen LogP contribution is -2.53. The lowest BCUT2D eigenvalue weighted by molar-refractivity contribution is -0.225. The number of carbonyl (C=O) groups is 2. The topological polar surface area (TPSA) is 80.3 Å². The quantitative estimate of drug-likeness (QED) is 0.597. The minimum absolute atomic E-state index is 0. The van der Waals surface area contributed by atoms with E-state index >= 15 is 0 Å². The molecule has 7 bridgehead atoms. The molecule has 0 spiro atoms. The predicted molar refractivity (Wildman–Crippen MR) is 89.1 cm³/mol. The van der Waals surface area contributed by atoms with Crippen LogP contribution >= 0.6 is 0 Å². The van der Waals surface area contributed by atoms with Crippen molar-refractivity contribution in [3.05, 3.63) is 0 Å². The highest BCUT2D eigenvalue weighted by Gasteiger charge is 2.63. The summed E-state index contributed by atoms with van der Waals surface area (Å²) in [6.07, 6.45) is -0.830. The molecule has 146 valence electrons. The van der Waals surface area contributed by atoms with Crippen molar-refractivity contribution >= 4 is 11.8 Å². The van der Waals surface area contributed by atoms with Crippen molar-refractivity contribution < 1.29 is 33.3 Å². The summed E-state index contributed by atoms with van der Waals surface area (Å²) in [6, 6.07) is 0. The van der Waals surface area contributed by atoms with Crippen LogP contribution in [0.25, 0.3) is 0 Å². The van der Waals surface area contributed by atoms with Crippen molar-refractivity contribution in [1.29, 1.82) is 0 Å². The van der Waals surface area contributed by atoms with Crippen LogP contribution < -0.4 is 0 Å². The van der Waals surface area contributed by atoms with Gasteiger partial charge < -0.3 is 23.7 Å². The second-order valence-corrected chi connectivity index (χ2v) is 8.31. The monoisotopic (exact) mass is 368 g/mol. The van der Waals surface area contributed by atoms with Crippen molar-refractivity contribution in [2.75, 3.05) is 0 Å². The van der Waals surface area contributed by atoms with E-state index in [2.05, 4.69) is 13.8 Å². The van der Waals surface area contributed by atoms with Crippen molar-refractivity contribution in [3.8, 4) is 0 Å². The SMILES string of the molecule is C.C[C@@H]1C2O[C@@H]3OC(=O)[C@H]1O[C@@H]3[C@H]2C.C[C@@H]1[C@@H]2OC3C(=O)[C@H]1O[C@@H]3[C@H]2C. The van der Waals surface area contributed by atoms with Crippen LogP contribution in [0, 0.1) is 23.7 Å². The summed E-state index contributed by atoms with van der Waals surface area (Å²) in [5.74, 6) is 1.02. The third-order valence-electron chi connectivity index (χ3n) is 6.86. The predicted octanol–water partition coefficient (Wildman–Crippen LogP) is 1.32. The fourth-order valence-electron chi connectivity index (χ4n) is 5.41. The number of esters is 1. The first-order valence-corrected chi connectivity index (χ1v) is 9.24. The van der Waals surface area contributed by atoms with Gasteiger partial charge in [0, 0.05) is 23.7 Å². The van der Waals surface area contributed by atoms with E-state index in [0.717, 1.165) is 0 Å². The van der Waals surface area contributed by atoms with E-state index in [9.17, 15) is 9.59 Å². The molecule has 7 nitrogen and oxygen atoms in total. The summed E-state index contributed by atoms with van der Waals surface area (Å²) in [6.45, 7) is 8.22. The van der Waals surface area contributed by atoms with E-state index in [-0.39, 0.29) is 67.6 Å². The maximum absolute atomic E-state index is 11.5. The second-order valence-electron chi connectivity index (χ2n) is 8.31. The molecule has 0 aromatic carbocycles. The molecule has 26 heavy (non-hydrogen) atoms. The van der Waals surface area contributed by atoms with Crippen molar-refractivity contribution in [2.24, 2.45) is 23.7 Å². The van der Waals surface area contributed by atoms with Crippen molar-refractivity contribution in [1.82, 2.24) is 0 Å². The van der Waals surface area contributed by atoms with E-state index in [0.29, 0.717) is 11.8 Å². The Labute approximate surface area is 153 Å². The Morgan fingerprint density at radius 3 is 1.85 bits per heavy atom. The Bertz CT molecular complexity index is 615. The van der Waals surface area contributed by atoms with Gasteiger partial charge in [0.15, 0.2) is 11.9 Å². The van der Waals surface area contributed by atoms with Crippen LogP contribution in [0.2, 0.25) is 0 Å². The maximum Gasteiger partial charge on any atom is 0.338 e. The molecule has 0 aromatic rings. The van der Waals surface area contributed by atoms with Gasteiger partial charge in [0.05, 0.1) is 18.3 Å². The number of ether oxygens (including phenoxy) is 5. The molecule has 7 aliphatic heterocycles. The van der Waals surface area contributed by atoms with Crippen LogP contribution in [-0.2, 0) is 33.3 Å². The highest BCUT2D eigenvalue weighted by molar-refractivity contribution is 5.91. The lowest BCUT2D eigenvalue weighted by atomic mass is 9.84. The molecule has 0 radical (unpaired) electrons. The van der Waals surface area contributed by atoms with Gasteiger partial charge in [-0.3, -0.25) is 4.79 Å². The number of rotatable bonds is 0. The van der Waals surface area contributed by atoms with Gasteiger partial charge in [0.2, 0.25) is 6.29 Å². The molecule has 7 fully saturated rings. The van der Waals surface area contributed by atoms with Gasteiger partial charge in [-0.15, -0.1) is 0 Å². The molecule has 2 unspecified atom stereocenters. The average molecular weight is 368 g/mol. The first kappa shape index (κ1) is 18.3. The summed E-state index contributed by atoms with van der Waals surface area (Å²) < 4.78 is 27.6. The summed E-state index contributed by atoms with van der Waals surface area (Å²) in [7, 11) is 0. The molecule has 12 atom stereocenters. The molecule has 7 aliphatic rings. The largest absolute Gasteiger partial charge is 0.431 e. The summed E-state index contributed by atoms with van der Waals surface area (Å²) in [4.78, 5) is 22.9. The first-order chi connectivity index (χ1) is 11.9. The Hall–Kier alpha value is -1.02. The van der Waals surface area contributed by atoms with Crippen LogP contribution in [0.3, 0.4) is 0 Å². The van der Waals surface area contributed by atoms with Gasteiger partial charge >= 0.3 is 5.97 Å². The second kappa shape index (κ2) is 5.99. The van der Waals surface area contributed by atoms with E-state index in [1.807, 2.05) is 13.8 Å². The smallest absolute Gasteiger partial charge is 0.338 e. The molecule has 0 saturated carbocycles. The number of carbonyl (C=O) groups excluding carboxylic acids is 2. The standard InChI is InChI=1S/C9H12O4.C9H12O3.CH4/c1-3-5-4(2)7-9(12-5)13-8(10)6(3)11-7;1-3-6-4(2)8-9(11-6)5(10)7(3)12-8;/h3-7,9H,1-2H3;3-4,6-9H,1-2H3;1H4/t3-,4+,5?,6+,7-,9-;3-,4+,6+,7+,8-,9?;/m11./s1. The van der Waals surface area contributed by atoms with Crippen LogP contribution in [0.4, 0.5) is 0 Å². The van der Waals surface area contributed by atoms with Gasteiger partial charge in [0.1, 0.15) is 18.3 Å². The zero-order valence-electron chi connectivity index (χ0n) is 14.8. The highest BCUT2D eigenvalue weighted by Crippen LogP contribution is 2.48. The normalized spacial score (nSPS) is 57.5. The number of ketones is 1. The van der Waals surface area contributed by atoms with E-state index in [1.165, 1.54) is 0 Å². The van der Waals surface area contributed by atoms with E-state index < -0.39 is 12.4 Å². The third kappa shape index (κ3) is 2.20. The maximum atomic E-state index is 11.5. The van der Waals surface area contributed by atoms with Crippen LogP contribution in [-0.4, -0.2) is 60.8 Å². The first-order valence-electron chi connectivity index (χ1n) is 9.24. The van der Waals surface area contributed by atoms with E-state index in [4.69, 9.17) is 23.7 Å².